The van der Waals surface area contributed by atoms with Gasteiger partial charge >= 0.3 is 0 Å². The molecule has 1 heterocycles. The van der Waals surface area contributed by atoms with Crippen LogP contribution >= 0.6 is 11.6 Å². The van der Waals surface area contributed by atoms with Gasteiger partial charge in [0, 0.05) is 11.8 Å². The smallest absolute Gasteiger partial charge is 0.238 e. The molecular formula is C10H10ClN3O. The first kappa shape index (κ1) is 9.86. The van der Waals surface area contributed by atoms with Crippen LogP contribution in [0.1, 0.15) is 5.69 Å². The average Bonchev–Trinajstić information content (AvgIpc) is 2.58. The zero-order valence-electron chi connectivity index (χ0n) is 8.12. The summed E-state index contributed by atoms with van der Waals surface area (Å²) in [6.07, 6.45) is 0. The molecule has 3 N–H and O–H groups in total. The quantitative estimate of drug-likeness (QED) is 0.770. The lowest BCUT2D eigenvalue weighted by atomic mass is 10.3. The fourth-order valence-corrected chi connectivity index (χ4v) is 1.40. The van der Waals surface area contributed by atoms with Crippen molar-refractivity contribution in [3.63, 3.8) is 0 Å². The van der Waals surface area contributed by atoms with E-state index >= 15 is 0 Å². The summed E-state index contributed by atoms with van der Waals surface area (Å²) in [4.78, 5) is 0. The maximum Gasteiger partial charge on any atom is 0.238 e. The Kier molecular flexibility index (Phi) is 2.51. The summed E-state index contributed by atoms with van der Waals surface area (Å²) in [7, 11) is 0. The second-order valence-electron chi connectivity index (χ2n) is 3.15. The maximum atomic E-state index is 5.94. The van der Waals surface area contributed by atoms with Gasteiger partial charge in [-0.2, -0.15) is 0 Å². The Morgan fingerprint density at radius 1 is 1.47 bits per heavy atom. The third-order valence-electron chi connectivity index (χ3n) is 1.89. The number of para-hydroxylation sites is 1. The molecule has 5 heteroatoms. The molecule has 1 aromatic heterocycles. The second kappa shape index (κ2) is 3.82. The van der Waals surface area contributed by atoms with Gasteiger partial charge in [0.15, 0.2) is 5.75 Å². The number of aromatic amines is 1. The molecule has 0 bridgehead atoms. The predicted molar refractivity (Wildman–Crippen MR) is 59.3 cm³/mol. The molecule has 0 saturated carbocycles. The fraction of sp³-hybridized carbons (Fsp3) is 0.100. The Hall–Kier alpha value is -1.68. The molecule has 0 unspecified atom stereocenters. The molecular weight excluding hydrogens is 214 g/mol. The van der Waals surface area contributed by atoms with Crippen LogP contribution in [0.25, 0.3) is 0 Å². The van der Waals surface area contributed by atoms with Crippen molar-refractivity contribution in [2.75, 3.05) is 5.73 Å². The predicted octanol–water partition coefficient (Wildman–Crippen LogP) is 2.75. The number of nitrogens with zero attached hydrogens (tertiary/aromatic N) is 1. The van der Waals surface area contributed by atoms with Crippen molar-refractivity contribution in [3.8, 4) is 11.6 Å². The fourth-order valence-electron chi connectivity index (χ4n) is 1.18. The lowest BCUT2D eigenvalue weighted by Gasteiger charge is -2.06. The van der Waals surface area contributed by atoms with Crippen LogP contribution in [0.4, 0.5) is 5.69 Å². The van der Waals surface area contributed by atoms with E-state index in [4.69, 9.17) is 22.1 Å². The van der Waals surface area contributed by atoms with Crippen molar-refractivity contribution in [1.29, 1.82) is 0 Å². The first-order valence-electron chi connectivity index (χ1n) is 4.40. The number of hydrogen-bond donors (Lipinski definition) is 2. The SMILES string of the molecule is Cc1cc(Oc2c(N)cccc2Cl)n[nH]1. The van der Waals surface area contributed by atoms with Gasteiger partial charge in [-0.05, 0) is 19.1 Å². The van der Waals surface area contributed by atoms with Gasteiger partial charge in [-0.3, -0.25) is 5.10 Å². The monoisotopic (exact) mass is 223 g/mol. The molecule has 0 aliphatic heterocycles. The highest BCUT2D eigenvalue weighted by Gasteiger charge is 2.08. The van der Waals surface area contributed by atoms with Crippen molar-refractivity contribution >= 4 is 17.3 Å². The van der Waals surface area contributed by atoms with Gasteiger partial charge in [-0.15, -0.1) is 5.10 Å². The van der Waals surface area contributed by atoms with E-state index in [0.717, 1.165) is 5.69 Å². The molecule has 1 aromatic carbocycles. The van der Waals surface area contributed by atoms with E-state index in [1.807, 2.05) is 6.92 Å². The molecule has 0 spiro atoms. The molecule has 0 saturated heterocycles. The molecule has 2 aromatic rings. The number of nitrogens with one attached hydrogen (secondary N) is 1. The number of halogens is 1. The number of rotatable bonds is 2. The molecule has 0 amide bonds. The number of hydrogen-bond acceptors (Lipinski definition) is 3. The molecule has 15 heavy (non-hydrogen) atoms. The topological polar surface area (TPSA) is 63.9 Å². The van der Waals surface area contributed by atoms with Crippen molar-refractivity contribution in [1.82, 2.24) is 10.2 Å². The molecule has 0 atom stereocenters. The summed E-state index contributed by atoms with van der Waals surface area (Å²) in [5.41, 5.74) is 7.13. The summed E-state index contributed by atoms with van der Waals surface area (Å²) >= 11 is 5.94. The van der Waals surface area contributed by atoms with E-state index in [1.54, 1.807) is 24.3 Å². The van der Waals surface area contributed by atoms with Crippen LogP contribution in [0.5, 0.6) is 11.6 Å². The third kappa shape index (κ3) is 2.05. The van der Waals surface area contributed by atoms with Crippen LogP contribution in [0.2, 0.25) is 5.02 Å². The van der Waals surface area contributed by atoms with Crippen molar-refractivity contribution in [2.45, 2.75) is 6.92 Å². The lowest BCUT2D eigenvalue weighted by Crippen LogP contribution is -1.92. The van der Waals surface area contributed by atoms with E-state index in [-0.39, 0.29) is 0 Å². The highest BCUT2D eigenvalue weighted by atomic mass is 35.5. The Labute approximate surface area is 92.0 Å². The summed E-state index contributed by atoms with van der Waals surface area (Å²) in [6.45, 7) is 1.88. The van der Waals surface area contributed by atoms with Gasteiger partial charge in [0.2, 0.25) is 5.88 Å². The highest BCUT2D eigenvalue weighted by molar-refractivity contribution is 6.32. The normalized spacial score (nSPS) is 10.3. The van der Waals surface area contributed by atoms with Gasteiger partial charge in [0.25, 0.3) is 0 Å². The average molecular weight is 224 g/mol. The Morgan fingerprint density at radius 2 is 2.27 bits per heavy atom. The van der Waals surface area contributed by atoms with Gasteiger partial charge in [-0.25, -0.2) is 0 Å². The molecule has 0 aliphatic rings. The Balaban J connectivity index is 2.31. The first-order chi connectivity index (χ1) is 7.16. The third-order valence-corrected chi connectivity index (χ3v) is 2.18. The Morgan fingerprint density at radius 3 is 2.87 bits per heavy atom. The second-order valence-corrected chi connectivity index (χ2v) is 3.56. The highest BCUT2D eigenvalue weighted by Crippen LogP contribution is 2.33. The maximum absolute atomic E-state index is 5.94. The van der Waals surface area contributed by atoms with Crippen LogP contribution in [-0.4, -0.2) is 10.2 Å². The van der Waals surface area contributed by atoms with Crippen molar-refractivity contribution in [2.24, 2.45) is 0 Å². The minimum atomic E-state index is 0.436. The van der Waals surface area contributed by atoms with Gasteiger partial charge in [0.05, 0.1) is 10.7 Å². The molecule has 0 fully saturated rings. The standard InChI is InChI=1S/C10H10ClN3O/c1-6-5-9(14-13-6)15-10-7(11)3-2-4-8(10)12/h2-5H,12H2,1H3,(H,13,14). The first-order valence-corrected chi connectivity index (χ1v) is 4.78. The van der Waals surface area contributed by atoms with Crippen LogP contribution in [0, 0.1) is 6.92 Å². The van der Waals surface area contributed by atoms with Crippen LogP contribution < -0.4 is 10.5 Å². The number of benzene rings is 1. The van der Waals surface area contributed by atoms with E-state index in [2.05, 4.69) is 10.2 Å². The van der Waals surface area contributed by atoms with E-state index in [0.29, 0.717) is 22.3 Å². The minimum Gasteiger partial charge on any atom is -0.434 e. The van der Waals surface area contributed by atoms with Crippen LogP contribution in [-0.2, 0) is 0 Å². The number of aromatic nitrogens is 2. The zero-order chi connectivity index (χ0) is 10.8. The number of H-pyrrole nitrogens is 1. The zero-order valence-corrected chi connectivity index (χ0v) is 8.88. The Bertz CT molecular complexity index is 461. The number of anilines is 1. The van der Waals surface area contributed by atoms with E-state index in [1.165, 1.54) is 0 Å². The van der Waals surface area contributed by atoms with Gasteiger partial charge in [-0.1, -0.05) is 17.7 Å². The largest absolute Gasteiger partial charge is 0.434 e. The summed E-state index contributed by atoms with van der Waals surface area (Å²) in [5.74, 6) is 0.887. The summed E-state index contributed by atoms with van der Waals surface area (Å²) < 4.78 is 5.46. The van der Waals surface area contributed by atoms with Crippen LogP contribution in [0.15, 0.2) is 24.3 Å². The van der Waals surface area contributed by atoms with Crippen molar-refractivity contribution < 1.29 is 4.74 Å². The van der Waals surface area contributed by atoms with Gasteiger partial charge < -0.3 is 10.5 Å². The van der Waals surface area contributed by atoms with E-state index in [9.17, 15) is 0 Å². The summed E-state index contributed by atoms with van der Waals surface area (Å²) in [5, 5.41) is 7.17. The number of ether oxygens (including phenoxy) is 1. The number of aryl methyl sites for hydroxylation is 1. The lowest BCUT2D eigenvalue weighted by molar-refractivity contribution is 0.464. The molecule has 0 aliphatic carbocycles. The number of nitrogen functional groups attached to an aromatic ring is 1. The van der Waals surface area contributed by atoms with Crippen molar-refractivity contribution in [3.05, 3.63) is 35.0 Å². The van der Waals surface area contributed by atoms with E-state index < -0.39 is 0 Å². The molecule has 0 radical (unpaired) electrons. The number of nitrogens with two attached hydrogens (primary N) is 1. The minimum absolute atomic E-state index is 0.436. The summed E-state index contributed by atoms with van der Waals surface area (Å²) in [6, 6.07) is 6.97. The molecule has 78 valence electrons. The molecule has 2 rings (SSSR count). The van der Waals surface area contributed by atoms with Gasteiger partial charge in [0.1, 0.15) is 0 Å². The molecule has 4 nitrogen and oxygen atoms in total. The van der Waals surface area contributed by atoms with Crippen LogP contribution in [0.3, 0.4) is 0 Å².